The highest BCUT2D eigenvalue weighted by atomic mass is 32.2. The summed E-state index contributed by atoms with van der Waals surface area (Å²) in [6.45, 7) is 5.00. The van der Waals surface area contributed by atoms with Gasteiger partial charge in [0.2, 0.25) is 5.78 Å². The Morgan fingerprint density at radius 2 is 1.78 bits per heavy atom. The van der Waals surface area contributed by atoms with E-state index < -0.39 is 33.7 Å². The number of fused-ring (bicyclic) bond motifs is 1. The van der Waals surface area contributed by atoms with E-state index in [-0.39, 0.29) is 34.0 Å². The third-order valence-electron chi connectivity index (χ3n) is 5.80. The Balaban J connectivity index is 1.56. The van der Waals surface area contributed by atoms with Crippen molar-refractivity contribution in [2.75, 3.05) is 10.0 Å². The molecule has 41 heavy (non-hydrogen) atoms. The van der Waals surface area contributed by atoms with Crippen LogP contribution in [0.15, 0.2) is 72.1 Å². The van der Waals surface area contributed by atoms with Crippen LogP contribution < -0.4 is 25.2 Å². The van der Waals surface area contributed by atoms with Gasteiger partial charge in [0.15, 0.2) is 11.6 Å². The number of aromatic amines is 1. The van der Waals surface area contributed by atoms with Crippen LogP contribution in [0.4, 0.5) is 20.2 Å². The predicted molar refractivity (Wildman–Crippen MR) is 155 cm³/mol. The minimum atomic E-state index is -4.02. The molecule has 4 aromatic rings. The summed E-state index contributed by atoms with van der Waals surface area (Å²) in [6, 6.07) is 14.2. The highest BCUT2D eigenvalue weighted by Gasteiger charge is 2.20. The molecule has 1 heterocycles. The van der Waals surface area contributed by atoms with Crippen molar-refractivity contribution < 1.29 is 26.7 Å². The molecular formula is C28H28F2N6O4S. The number of para-hydroxylation sites is 1. The van der Waals surface area contributed by atoms with Crippen LogP contribution in [-0.4, -0.2) is 31.4 Å². The third-order valence-corrected chi connectivity index (χ3v) is 7.07. The van der Waals surface area contributed by atoms with Crippen molar-refractivity contribution in [2.45, 2.75) is 26.8 Å². The lowest BCUT2D eigenvalue weighted by atomic mass is 10.1. The van der Waals surface area contributed by atoms with E-state index in [1.54, 1.807) is 51.1 Å². The van der Waals surface area contributed by atoms with E-state index in [9.17, 15) is 22.0 Å². The molecule has 0 aliphatic carbocycles. The maximum absolute atomic E-state index is 14.6. The summed E-state index contributed by atoms with van der Waals surface area (Å²) in [5, 5.41) is 11.0. The fraction of sp³-hybridized carbons (Fsp3) is 0.143. The van der Waals surface area contributed by atoms with Crippen LogP contribution in [0.1, 0.15) is 29.9 Å². The number of hydrogen-bond donors (Lipinski definition) is 6. The number of carbonyl (C=O) groups excluding carboxylic acids is 1. The minimum Gasteiger partial charge on any atom is -0.454 e. The number of halogens is 2. The number of carbonyl (C=O) groups is 1. The van der Waals surface area contributed by atoms with Crippen molar-refractivity contribution in [2.24, 2.45) is 5.73 Å². The molecule has 0 amide bonds. The van der Waals surface area contributed by atoms with E-state index in [0.29, 0.717) is 22.4 Å². The van der Waals surface area contributed by atoms with Gasteiger partial charge in [-0.25, -0.2) is 8.78 Å². The lowest BCUT2D eigenvalue weighted by molar-refractivity contribution is 0.103. The van der Waals surface area contributed by atoms with Crippen LogP contribution in [-0.2, 0) is 10.2 Å². The Bertz CT molecular complexity index is 1780. The van der Waals surface area contributed by atoms with Crippen molar-refractivity contribution in [1.82, 2.24) is 9.71 Å². The fourth-order valence-corrected chi connectivity index (χ4v) is 5.08. The molecule has 0 unspecified atom stereocenters. The van der Waals surface area contributed by atoms with Gasteiger partial charge in [0.1, 0.15) is 17.4 Å². The van der Waals surface area contributed by atoms with Gasteiger partial charge in [0, 0.05) is 28.8 Å². The molecule has 10 nitrogen and oxygen atoms in total. The van der Waals surface area contributed by atoms with E-state index >= 15 is 0 Å². The van der Waals surface area contributed by atoms with Gasteiger partial charge < -0.3 is 26.2 Å². The summed E-state index contributed by atoms with van der Waals surface area (Å²) in [4.78, 5) is 16.1. The molecule has 0 spiro atoms. The number of H-pyrrole nitrogens is 1. The first-order valence-corrected chi connectivity index (χ1v) is 13.8. The number of ether oxygens (including phenoxy) is 1. The molecule has 0 aliphatic heterocycles. The molecule has 3 aromatic carbocycles. The molecule has 1 aromatic heterocycles. The van der Waals surface area contributed by atoms with Gasteiger partial charge in [0.25, 0.3) is 10.2 Å². The summed E-state index contributed by atoms with van der Waals surface area (Å²) in [5.41, 5.74) is 7.15. The number of anilines is 2. The number of aryl methyl sites for hydroxylation is 1. The third kappa shape index (κ3) is 6.88. The van der Waals surface area contributed by atoms with Crippen molar-refractivity contribution in [3.63, 3.8) is 0 Å². The smallest absolute Gasteiger partial charge is 0.299 e. The molecule has 13 heteroatoms. The number of benzene rings is 3. The number of allylic oxidation sites excluding steroid dienone is 1. The molecule has 214 valence electrons. The molecule has 4 rings (SSSR count). The molecule has 0 aliphatic rings. The van der Waals surface area contributed by atoms with Gasteiger partial charge in [0.05, 0.1) is 17.0 Å². The van der Waals surface area contributed by atoms with Gasteiger partial charge in [-0.1, -0.05) is 12.1 Å². The summed E-state index contributed by atoms with van der Waals surface area (Å²) in [6.07, 6.45) is 0.791. The first kappa shape index (κ1) is 29.2. The van der Waals surface area contributed by atoms with Crippen molar-refractivity contribution in [3.8, 4) is 11.5 Å². The highest BCUT2D eigenvalue weighted by Crippen LogP contribution is 2.29. The average molecular weight is 583 g/mol. The van der Waals surface area contributed by atoms with E-state index in [0.717, 1.165) is 12.3 Å². The fourth-order valence-electron chi connectivity index (χ4n) is 3.96. The van der Waals surface area contributed by atoms with Crippen LogP contribution in [0.5, 0.6) is 11.5 Å². The van der Waals surface area contributed by atoms with Gasteiger partial charge in [-0.05, 0) is 74.9 Å². The lowest BCUT2D eigenvalue weighted by Gasteiger charge is -2.14. The second-order valence-electron chi connectivity index (χ2n) is 9.42. The number of rotatable bonds is 11. The maximum atomic E-state index is 14.6. The summed E-state index contributed by atoms with van der Waals surface area (Å²) >= 11 is 0. The molecule has 0 saturated heterocycles. The molecule has 0 bridgehead atoms. The summed E-state index contributed by atoms with van der Waals surface area (Å²) in [5.74, 6) is -1.66. The van der Waals surface area contributed by atoms with Crippen LogP contribution in [0, 0.1) is 24.0 Å². The van der Waals surface area contributed by atoms with Crippen molar-refractivity contribution >= 4 is 44.5 Å². The zero-order valence-electron chi connectivity index (χ0n) is 22.3. The number of Topliss-reactive ketones (excluding diaryl/α,β-unsaturated/α-hetero) is 1. The van der Waals surface area contributed by atoms with Crippen molar-refractivity contribution in [3.05, 3.63) is 94.9 Å². The van der Waals surface area contributed by atoms with Crippen molar-refractivity contribution in [1.29, 1.82) is 5.41 Å². The van der Waals surface area contributed by atoms with Gasteiger partial charge in [-0.3, -0.25) is 9.52 Å². The Morgan fingerprint density at radius 3 is 2.44 bits per heavy atom. The maximum Gasteiger partial charge on any atom is 0.299 e. The number of aromatic nitrogens is 1. The minimum absolute atomic E-state index is 0.00770. The summed E-state index contributed by atoms with van der Waals surface area (Å²) < 4.78 is 62.9. The van der Waals surface area contributed by atoms with Crippen LogP contribution >= 0.6 is 0 Å². The Hall–Kier alpha value is -4.75. The Labute approximate surface area is 235 Å². The monoisotopic (exact) mass is 582 g/mol. The zero-order valence-corrected chi connectivity index (χ0v) is 23.1. The van der Waals surface area contributed by atoms with Crippen LogP contribution in [0.2, 0.25) is 0 Å². The van der Waals surface area contributed by atoms with E-state index in [4.69, 9.17) is 15.9 Å². The SMILES string of the molecule is Cc1cc(Oc2ccccc2F)ccc1N/C(N)=C(\C=N)C(=O)c1cc2cc(F)c(NS(=O)(=O)NC(C)C)cc2[nH]1. The van der Waals surface area contributed by atoms with E-state index in [1.807, 2.05) is 0 Å². The topological polar surface area (TPSA) is 162 Å². The second-order valence-corrected chi connectivity index (χ2v) is 10.9. The average Bonchev–Trinajstić information content (AvgIpc) is 3.29. The van der Waals surface area contributed by atoms with E-state index in [1.165, 1.54) is 24.3 Å². The van der Waals surface area contributed by atoms with Crippen LogP contribution in [0.3, 0.4) is 0 Å². The lowest BCUT2D eigenvalue weighted by Crippen LogP contribution is -2.35. The quantitative estimate of drug-likeness (QED) is 0.0797. The molecule has 0 atom stereocenters. The first-order chi connectivity index (χ1) is 19.4. The zero-order chi connectivity index (χ0) is 29.9. The first-order valence-electron chi connectivity index (χ1n) is 12.3. The van der Waals surface area contributed by atoms with Crippen LogP contribution in [0.25, 0.3) is 10.9 Å². The number of nitrogens with one attached hydrogen (secondary N) is 5. The molecule has 0 fully saturated rings. The second kappa shape index (κ2) is 11.8. The van der Waals surface area contributed by atoms with E-state index in [2.05, 4.69) is 19.7 Å². The largest absolute Gasteiger partial charge is 0.454 e. The van der Waals surface area contributed by atoms with Gasteiger partial charge in [-0.15, -0.1) is 0 Å². The molecule has 7 N–H and O–H groups in total. The molecule has 0 saturated carbocycles. The standard InChI is InChI=1S/C28H28F2N6O4S/c1-15(2)35-41(38,39)36-24-13-23-17(11-21(24)30)12-25(33-23)27(37)19(14-31)28(32)34-22-9-8-18(10-16(22)3)40-26-7-5-4-6-20(26)29/h4-15,31,33-36H,32H2,1-3H3/b28-19+,31-14?. The number of ketones is 1. The Kier molecular flexibility index (Phi) is 8.40. The number of hydrogen-bond acceptors (Lipinski definition) is 7. The highest BCUT2D eigenvalue weighted by molar-refractivity contribution is 7.90. The summed E-state index contributed by atoms with van der Waals surface area (Å²) in [7, 11) is -4.02. The Morgan fingerprint density at radius 1 is 1.05 bits per heavy atom. The molecular weight excluding hydrogens is 554 g/mol. The molecule has 0 radical (unpaired) electrons. The normalized spacial score (nSPS) is 12.2. The predicted octanol–water partition coefficient (Wildman–Crippen LogP) is 5.32. The van der Waals surface area contributed by atoms with Gasteiger partial charge in [-0.2, -0.15) is 13.1 Å². The number of nitrogens with two attached hydrogens (primary N) is 1. The van der Waals surface area contributed by atoms with Gasteiger partial charge >= 0.3 is 0 Å².